The number of hydrogen-bond donors (Lipinski definition) is 2. The van der Waals surface area contributed by atoms with E-state index in [-0.39, 0.29) is 5.91 Å². The minimum Gasteiger partial charge on any atom is -0.272 e. The molecule has 0 fully saturated rings. The standard InChI is InChI=1S/C29H22N4O/c34-29(33-30-18-19-9-11-21(12-10-19)20-5-2-1-3-6-20)27-17-26(31-32-27)24-16-15-23-14-13-22-7-4-8-25(24)28(22)23/h1-12,15-18H,13-14H2,(H,31,32)(H,33,34). The SMILES string of the molecule is O=C(NN=Cc1ccc(-c2ccccc2)cc1)c1cc(-c2ccc3c4c(cccc24)CC3)n[nH]1. The minimum absolute atomic E-state index is 0.332. The molecule has 2 N–H and O–H groups in total. The molecule has 1 aliphatic carbocycles. The van der Waals surface area contributed by atoms with E-state index < -0.39 is 0 Å². The van der Waals surface area contributed by atoms with Gasteiger partial charge >= 0.3 is 0 Å². The summed E-state index contributed by atoms with van der Waals surface area (Å²) in [6, 6.07) is 30.7. The van der Waals surface area contributed by atoms with Crippen molar-refractivity contribution in [2.45, 2.75) is 12.8 Å². The summed E-state index contributed by atoms with van der Waals surface area (Å²) < 4.78 is 0. The molecule has 34 heavy (non-hydrogen) atoms. The molecule has 5 nitrogen and oxygen atoms in total. The Morgan fingerprint density at radius 1 is 0.853 bits per heavy atom. The van der Waals surface area contributed by atoms with Gasteiger partial charge < -0.3 is 0 Å². The molecule has 0 aliphatic heterocycles. The number of H-pyrrole nitrogens is 1. The van der Waals surface area contributed by atoms with E-state index in [9.17, 15) is 4.79 Å². The molecule has 0 spiro atoms. The Labute approximate surface area is 197 Å². The molecule has 1 aliphatic rings. The van der Waals surface area contributed by atoms with Gasteiger partial charge in [-0.2, -0.15) is 10.2 Å². The average Bonchev–Trinajstić information content (AvgIpc) is 3.54. The first-order valence-corrected chi connectivity index (χ1v) is 11.3. The Bertz CT molecular complexity index is 1520. The number of carbonyl (C=O) groups is 1. The second-order valence-electron chi connectivity index (χ2n) is 8.47. The summed E-state index contributed by atoms with van der Waals surface area (Å²) in [5, 5.41) is 13.9. The fraction of sp³-hybridized carbons (Fsp3) is 0.0690. The number of aryl methyl sites for hydroxylation is 2. The highest BCUT2D eigenvalue weighted by Crippen LogP contribution is 2.36. The van der Waals surface area contributed by atoms with Crippen LogP contribution in [-0.4, -0.2) is 22.3 Å². The lowest BCUT2D eigenvalue weighted by Crippen LogP contribution is -2.17. The fourth-order valence-corrected chi connectivity index (χ4v) is 4.66. The zero-order valence-electron chi connectivity index (χ0n) is 18.5. The number of amides is 1. The Hall–Kier alpha value is -4.51. The van der Waals surface area contributed by atoms with Gasteiger partial charge in [-0.15, -0.1) is 0 Å². The van der Waals surface area contributed by atoms with Gasteiger partial charge in [-0.25, -0.2) is 5.43 Å². The van der Waals surface area contributed by atoms with Gasteiger partial charge in [0.2, 0.25) is 0 Å². The molecule has 4 aromatic carbocycles. The van der Waals surface area contributed by atoms with Gasteiger partial charge in [0.25, 0.3) is 5.91 Å². The third-order valence-corrected chi connectivity index (χ3v) is 6.37. The van der Waals surface area contributed by atoms with Crippen molar-refractivity contribution < 1.29 is 4.79 Å². The smallest absolute Gasteiger partial charge is 0.272 e. The first-order valence-electron chi connectivity index (χ1n) is 11.3. The summed E-state index contributed by atoms with van der Waals surface area (Å²) in [6.07, 6.45) is 3.79. The highest BCUT2D eigenvalue weighted by molar-refractivity contribution is 6.02. The van der Waals surface area contributed by atoms with Crippen LogP contribution in [0.4, 0.5) is 0 Å². The zero-order chi connectivity index (χ0) is 22.9. The Morgan fingerprint density at radius 3 is 2.44 bits per heavy atom. The Morgan fingerprint density at radius 2 is 1.62 bits per heavy atom. The van der Waals surface area contributed by atoms with Crippen molar-refractivity contribution in [2.75, 3.05) is 0 Å². The largest absolute Gasteiger partial charge is 0.289 e. The molecule has 5 aromatic rings. The molecule has 0 atom stereocenters. The van der Waals surface area contributed by atoms with Crippen molar-refractivity contribution in [3.8, 4) is 22.4 Å². The molecular weight excluding hydrogens is 420 g/mol. The van der Waals surface area contributed by atoms with Crippen LogP contribution < -0.4 is 5.43 Å². The van der Waals surface area contributed by atoms with Crippen LogP contribution >= 0.6 is 0 Å². The number of aromatic amines is 1. The van der Waals surface area contributed by atoms with E-state index in [1.165, 1.54) is 21.9 Å². The van der Waals surface area contributed by atoms with Gasteiger partial charge in [-0.1, -0.05) is 84.9 Å². The first-order chi connectivity index (χ1) is 16.8. The summed E-state index contributed by atoms with van der Waals surface area (Å²) in [5.41, 5.74) is 10.7. The van der Waals surface area contributed by atoms with E-state index in [0.29, 0.717) is 5.69 Å². The maximum atomic E-state index is 12.6. The lowest BCUT2D eigenvalue weighted by molar-refractivity contribution is 0.0950. The molecule has 5 heteroatoms. The van der Waals surface area contributed by atoms with Gasteiger partial charge in [0.05, 0.1) is 11.9 Å². The van der Waals surface area contributed by atoms with Crippen LogP contribution in [0, 0.1) is 0 Å². The number of hydrazone groups is 1. The maximum Gasteiger partial charge on any atom is 0.289 e. The van der Waals surface area contributed by atoms with Gasteiger partial charge in [0.1, 0.15) is 5.69 Å². The van der Waals surface area contributed by atoms with Gasteiger partial charge in [0.15, 0.2) is 0 Å². The summed E-state index contributed by atoms with van der Waals surface area (Å²) >= 11 is 0. The summed E-state index contributed by atoms with van der Waals surface area (Å²) in [7, 11) is 0. The normalized spacial score (nSPS) is 12.5. The van der Waals surface area contributed by atoms with Crippen molar-refractivity contribution >= 4 is 22.9 Å². The first kappa shape index (κ1) is 20.1. The number of hydrogen-bond acceptors (Lipinski definition) is 3. The van der Waals surface area contributed by atoms with E-state index in [2.05, 4.69) is 63.2 Å². The molecule has 0 bridgehead atoms. The molecule has 1 aromatic heterocycles. The van der Waals surface area contributed by atoms with Crippen molar-refractivity contribution in [3.63, 3.8) is 0 Å². The number of rotatable bonds is 5. The van der Waals surface area contributed by atoms with E-state index in [0.717, 1.165) is 40.8 Å². The lowest BCUT2D eigenvalue weighted by Gasteiger charge is -2.06. The van der Waals surface area contributed by atoms with Crippen molar-refractivity contribution in [2.24, 2.45) is 5.10 Å². The molecule has 1 heterocycles. The third-order valence-electron chi connectivity index (χ3n) is 6.37. The van der Waals surface area contributed by atoms with E-state index in [1.807, 2.05) is 42.5 Å². The number of nitrogens with zero attached hydrogens (tertiary/aromatic N) is 2. The second kappa shape index (κ2) is 8.45. The quantitative estimate of drug-likeness (QED) is 0.268. The number of benzene rings is 4. The summed E-state index contributed by atoms with van der Waals surface area (Å²) in [5.74, 6) is -0.332. The van der Waals surface area contributed by atoms with E-state index in [1.54, 1.807) is 12.3 Å². The molecular formula is C29H22N4O. The molecule has 0 unspecified atom stereocenters. The van der Waals surface area contributed by atoms with E-state index in [4.69, 9.17) is 0 Å². The highest BCUT2D eigenvalue weighted by Gasteiger charge is 2.18. The van der Waals surface area contributed by atoms with Gasteiger partial charge in [0, 0.05) is 5.56 Å². The summed E-state index contributed by atoms with van der Waals surface area (Å²) in [4.78, 5) is 12.6. The topological polar surface area (TPSA) is 70.1 Å². The molecule has 164 valence electrons. The van der Waals surface area contributed by atoms with Gasteiger partial charge in [-0.3, -0.25) is 9.89 Å². The molecule has 1 amide bonds. The Balaban J connectivity index is 1.17. The van der Waals surface area contributed by atoms with Crippen LogP contribution in [0.1, 0.15) is 27.2 Å². The maximum absolute atomic E-state index is 12.6. The molecule has 0 radical (unpaired) electrons. The Kier molecular flexibility index (Phi) is 5.00. The van der Waals surface area contributed by atoms with Crippen LogP contribution in [0.2, 0.25) is 0 Å². The number of aromatic nitrogens is 2. The van der Waals surface area contributed by atoms with Crippen LogP contribution in [0.25, 0.3) is 33.2 Å². The predicted octanol–water partition coefficient (Wildman–Crippen LogP) is 5.76. The predicted molar refractivity (Wildman–Crippen MR) is 136 cm³/mol. The van der Waals surface area contributed by atoms with Gasteiger partial charge in [-0.05, 0) is 57.5 Å². The average molecular weight is 443 g/mol. The van der Waals surface area contributed by atoms with Crippen molar-refractivity contribution in [3.05, 3.63) is 113 Å². The van der Waals surface area contributed by atoms with Crippen LogP contribution in [0.5, 0.6) is 0 Å². The number of carbonyl (C=O) groups excluding carboxylic acids is 1. The van der Waals surface area contributed by atoms with Crippen LogP contribution in [-0.2, 0) is 12.8 Å². The monoisotopic (exact) mass is 442 g/mol. The zero-order valence-corrected chi connectivity index (χ0v) is 18.5. The highest BCUT2D eigenvalue weighted by atomic mass is 16.2. The minimum atomic E-state index is -0.332. The number of nitrogens with one attached hydrogen (secondary N) is 2. The fourth-order valence-electron chi connectivity index (χ4n) is 4.66. The molecule has 0 saturated carbocycles. The molecule has 0 saturated heterocycles. The summed E-state index contributed by atoms with van der Waals surface area (Å²) in [6.45, 7) is 0. The second-order valence-corrected chi connectivity index (χ2v) is 8.47. The van der Waals surface area contributed by atoms with Crippen LogP contribution in [0.15, 0.2) is 96.1 Å². The third kappa shape index (κ3) is 3.67. The van der Waals surface area contributed by atoms with Crippen molar-refractivity contribution in [1.82, 2.24) is 15.6 Å². The molecule has 6 rings (SSSR count). The van der Waals surface area contributed by atoms with Crippen molar-refractivity contribution in [1.29, 1.82) is 0 Å². The lowest BCUT2D eigenvalue weighted by atomic mass is 9.98. The van der Waals surface area contributed by atoms with E-state index >= 15 is 0 Å². The van der Waals surface area contributed by atoms with Crippen LogP contribution in [0.3, 0.4) is 0 Å².